The van der Waals surface area contributed by atoms with Gasteiger partial charge < -0.3 is 9.64 Å². The molecule has 0 radical (unpaired) electrons. The standard InChI is InChI=1S/C36H36FN5O2/c1-25(2)33-16-14-29(20-39-33)42(22-27-19-40-41(21-27)23-28-11-6-7-18-38-28)36(43)35-31-12-8-13-32(37)30(31)15-17-34(35)44-24-26-9-4-3-5-10-26/h3-14,16,18-21,25,34-35H,15,17,22-24H2,1-2H3. The molecule has 0 saturated heterocycles. The molecule has 8 heteroatoms. The number of rotatable bonds is 10. The monoisotopic (exact) mass is 589 g/mol. The van der Waals surface area contributed by atoms with Gasteiger partial charge in [0.15, 0.2) is 0 Å². The second-order valence-corrected chi connectivity index (χ2v) is 11.5. The van der Waals surface area contributed by atoms with Crippen LogP contribution in [0.3, 0.4) is 0 Å². The van der Waals surface area contributed by atoms with Crippen molar-refractivity contribution in [3.63, 3.8) is 0 Å². The first kappa shape index (κ1) is 29.4. The summed E-state index contributed by atoms with van der Waals surface area (Å²) in [5.41, 5.74) is 5.65. The van der Waals surface area contributed by atoms with Crippen molar-refractivity contribution in [3.05, 3.63) is 143 Å². The minimum atomic E-state index is -0.688. The van der Waals surface area contributed by atoms with Gasteiger partial charge in [0.25, 0.3) is 0 Å². The number of hydrogen-bond donors (Lipinski definition) is 0. The largest absolute Gasteiger partial charge is 0.372 e. The Morgan fingerprint density at radius 3 is 2.57 bits per heavy atom. The molecule has 0 spiro atoms. The van der Waals surface area contributed by atoms with E-state index in [0.717, 1.165) is 22.5 Å². The van der Waals surface area contributed by atoms with Gasteiger partial charge in [-0.05, 0) is 65.8 Å². The molecule has 2 atom stereocenters. The molecule has 2 aromatic carbocycles. The highest BCUT2D eigenvalue weighted by Gasteiger charge is 2.39. The summed E-state index contributed by atoms with van der Waals surface area (Å²) in [6, 6.07) is 24.6. The Morgan fingerprint density at radius 1 is 0.977 bits per heavy atom. The number of fused-ring (bicyclic) bond motifs is 1. The number of anilines is 1. The number of pyridine rings is 2. The van der Waals surface area contributed by atoms with E-state index >= 15 is 4.39 Å². The lowest BCUT2D eigenvalue weighted by atomic mass is 9.79. The molecule has 1 aliphatic rings. The Labute approximate surface area is 257 Å². The quantitative estimate of drug-likeness (QED) is 0.179. The molecule has 3 aromatic heterocycles. The molecular weight excluding hydrogens is 553 g/mol. The third-order valence-corrected chi connectivity index (χ3v) is 8.13. The third kappa shape index (κ3) is 6.60. The van der Waals surface area contributed by atoms with Gasteiger partial charge >= 0.3 is 0 Å². The summed E-state index contributed by atoms with van der Waals surface area (Å²) in [7, 11) is 0. The summed E-state index contributed by atoms with van der Waals surface area (Å²) in [6.07, 6.45) is 7.85. The van der Waals surface area contributed by atoms with Crippen LogP contribution in [0.1, 0.15) is 65.7 Å². The predicted molar refractivity (Wildman–Crippen MR) is 168 cm³/mol. The van der Waals surface area contributed by atoms with Crippen molar-refractivity contribution in [1.82, 2.24) is 19.7 Å². The average molecular weight is 590 g/mol. The minimum Gasteiger partial charge on any atom is -0.372 e. The minimum absolute atomic E-state index is 0.161. The molecule has 1 aliphatic carbocycles. The second kappa shape index (κ2) is 13.3. The van der Waals surface area contributed by atoms with Crippen LogP contribution in [0.5, 0.6) is 0 Å². The van der Waals surface area contributed by atoms with Crippen LogP contribution in [0.4, 0.5) is 10.1 Å². The van der Waals surface area contributed by atoms with Gasteiger partial charge in [0.1, 0.15) is 5.82 Å². The average Bonchev–Trinajstić information content (AvgIpc) is 3.50. The van der Waals surface area contributed by atoms with Crippen LogP contribution in [0, 0.1) is 5.82 Å². The van der Waals surface area contributed by atoms with Crippen molar-refractivity contribution < 1.29 is 13.9 Å². The van der Waals surface area contributed by atoms with Gasteiger partial charge in [-0.3, -0.25) is 19.4 Å². The fourth-order valence-corrected chi connectivity index (χ4v) is 5.81. The van der Waals surface area contributed by atoms with Crippen molar-refractivity contribution in [2.24, 2.45) is 0 Å². The normalized spacial score (nSPS) is 16.1. The molecule has 0 saturated carbocycles. The van der Waals surface area contributed by atoms with E-state index in [1.54, 1.807) is 29.6 Å². The van der Waals surface area contributed by atoms with Crippen molar-refractivity contribution in [3.8, 4) is 0 Å². The molecule has 44 heavy (non-hydrogen) atoms. The summed E-state index contributed by atoms with van der Waals surface area (Å²) in [6.45, 7) is 5.33. The van der Waals surface area contributed by atoms with Crippen molar-refractivity contribution >= 4 is 11.6 Å². The number of amides is 1. The number of nitrogens with zero attached hydrogens (tertiary/aromatic N) is 5. The third-order valence-electron chi connectivity index (χ3n) is 8.13. The van der Waals surface area contributed by atoms with Crippen molar-refractivity contribution in [2.45, 2.75) is 64.3 Å². The van der Waals surface area contributed by atoms with Crippen molar-refractivity contribution in [1.29, 1.82) is 0 Å². The van der Waals surface area contributed by atoms with E-state index in [1.807, 2.05) is 77.6 Å². The number of carbonyl (C=O) groups excluding carboxylic acids is 1. The Hall–Kier alpha value is -4.69. The van der Waals surface area contributed by atoms with Crippen LogP contribution < -0.4 is 4.90 Å². The molecule has 0 fully saturated rings. The predicted octanol–water partition coefficient (Wildman–Crippen LogP) is 6.83. The van der Waals surface area contributed by atoms with E-state index in [0.29, 0.717) is 42.8 Å². The van der Waals surface area contributed by atoms with Gasteiger partial charge in [-0.25, -0.2) is 4.39 Å². The maximum atomic E-state index is 15.1. The van der Waals surface area contributed by atoms with E-state index in [4.69, 9.17) is 4.74 Å². The van der Waals surface area contributed by atoms with Crippen LogP contribution in [0.2, 0.25) is 0 Å². The molecule has 0 bridgehead atoms. The molecule has 1 amide bonds. The number of benzene rings is 2. The number of halogens is 1. The zero-order chi connectivity index (χ0) is 30.5. The highest BCUT2D eigenvalue weighted by Crippen LogP contribution is 2.38. The topological polar surface area (TPSA) is 73.1 Å². The smallest absolute Gasteiger partial charge is 0.237 e. The molecule has 2 unspecified atom stereocenters. The van der Waals surface area contributed by atoms with E-state index in [2.05, 4.69) is 28.9 Å². The van der Waals surface area contributed by atoms with Crippen molar-refractivity contribution in [2.75, 3.05) is 4.90 Å². The Morgan fingerprint density at radius 2 is 1.82 bits per heavy atom. The van der Waals surface area contributed by atoms with Crippen LogP contribution in [0.25, 0.3) is 0 Å². The van der Waals surface area contributed by atoms with Gasteiger partial charge in [0.05, 0.1) is 55.5 Å². The molecule has 224 valence electrons. The Bertz CT molecular complexity index is 1690. The summed E-state index contributed by atoms with van der Waals surface area (Å²) >= 11 is 0. The molecule has 6 rings (SSSR count). The highest BCUT2D eigenvalue weighted by molar-refractivity contribution is 5.98. The lowest BCUT2D eigenvalue weighted by molar-refractivity contribution is -0.125. The first-order valence-electron chi connectivity index (χ1n) is 15.1. The first-order valence-corrected chi connectivity index (χ1v) is 15.1. The van der Waals surface area contributed by atoms with Gasteiger partial charge in [0, 0.05) is 23.7 Å². The number of aromatic nitrogens is 4. The van der Waals surface area contributed by atoms with E-state index < -0.39 is 12.0 Å². The van der Waals surface area contributed by atoms with E-state index in [9.17, 15) is 4.79 Å². The zero-order valence-corrected chi connectivity index (χ0v) is 25.0. The number of carbonyl (C=O) groups is 1. The van der Waals surface area contributed by atoms with Gasteiger partial charge in [0.2, 0.25) is 5.91 Å². The SMILES string of the molecule is CC(C)c1ccc(N(Cc2cnn(Cc3ccccn3)c2)C(=O)C2c3cccc(F)c3CCC2OCc2ccccc2)cn1. The fraction of sp³-hybridized carbons (Fsp3) is 0.278. The Kier molecular flexibility index (Phi) is 8.89. The van der Waals surface area contributed by atoms with Gasteiger partial charge in [-0.1, -0.05) is 62.4 Å². The maximum Gasteiger partial charge on any atom is 0.237 e. The van der Waals surface area contributed by atoms with Crippen LogP contribution >= 0.6 is 0 Å². The summed E-state index contributed by atoms with van der Waals surface area (Å²) < 4.78 is 23.3. The zero-order valence-electron chi connectivity index (χ0n) is 25.0. The van der Waals surface area contributed by atoms with Gasteiger partial charge in [-0.15, -0.1) is 0 Å². The fourth-order valence-electron chi connectivity index (χ4n) is 5.81. The lowest BCUT2D eigenvalue weighted by Gasteiger charge is -2.36. The van der Waals surface area contributed by atoms with Crippen LogP contribution in [0.15, 0.2) is 104 Å². The second-order valence-electron chi connectivity index (χ2n) is 11.5. The van der Waals surface area contributed by atoms with E-state index in [-0.39, 0.29) is 24.2 Å². The molecule has 0 aliphatic heterocycles. The molecule has 3 heterocycles. The van der Waals surface area contributed by atoms with Gasteiger partial charge in [-0.2, -0.15) is 5.10 Å². The Balaban J connectivity index is 1.34. The summed E-state index contributed by atoms with van der Waals surface area (Å²) in [4.78, 5) is 25.6. The highest BCUT2D eigenvalue weighted by atomic mass is 19.1. The molecule has 7 nitrogen and oxygen atoms in total. The first-order chi connectivity index (χ1) is 21.5. The number of ether oxygens (including phenoxy) is 1. The summed E-state index contributed by atoms with van der Waals surface area (Å²) in [5.74, 6) is -0.883. The number of hydrogen-bond acceptors (Lipinski definition) is 5. The molecule has 0 N–H and O–H groups in total. The molecule has 5 aromatic rings. The molecular formula is C36H36FN5O2. The lowest BCUT2D eigenvalue weighted by Crippen LogP contribution is -2.42. The van der Waals surface area contributed by atoms with Crippen LogP contribution in [-0.2, 0) is 35.6 Å². The maximum absolute atomic E-state index is 15.1. The van der Waals surface area contributed by atoms with E-state index in [1.165, 1.54) is 6.07 Å². The summed E-state index contributed by atoms with van der Waals surface area (Å²) in [5, 5.41) is 4.54. The van der Waals surface area contributed by atoms with Crippen LogP contribution in [-0.4, -0.2) is 31.8 Å².